The third-order valence-corrected chi connectivity index (χ3v) is 2.28. The molecule has 0 unspecified atom stereocenters. The molecule has 0 radical (unpaired) electrons. The Morgan fingerprint density at radius 1 is 1.50 bits per heavy atom. The Bertz CT molecular complexity index is 448. The van der Waals surface area contributed by atoms with Crippen molar-refractivity contribution in [1.82, 2.24) is 0 Å². The van der Waals surface area contributed by atoms with Crippen LogP contribution in [0.5, 0.6) is 0 Å². The first-order valence-electron chi connectivity index (χ1n) is 5.24. The maximum atomic E-state index is 10.7. The fourth-order valence-electron chi connectivity index (χ4n) is 1.39. The Labute approximate surface area is 104 Å². The van der Waals surface area contributed by atoms with Gasteiger partial charge in [0.25, 0.3) is 5.69 Å². The van der Waals surface area contributed by atoms with Gasteiger partial charge in [-0.3, -0.25) is 15.5 Å². The van der Waals surface area contributed by atoms with Crippen LogP contribution in [0.15, 0.2) is 18.2 Å². The Balaban J connectivity index is 3.01. The topological polar surface area (TPSA) is 97.5 Å². The molecule has 0 fully saturated rings. The first-order valence-corrected chi connectivity index (χ1v) is 5.24. The molecule has 2 N–H and O–H groups in total. The van der Waals surface area contributed by atoms with Crippen LogP contribution < -0.4 is 5.32 Å². The van der Waals surface area contributed by atoms with Gasteiger partial charge in [0.05, 0.1) is 24.2 Å². The zero-order chi connectivity index (χ0) is 13.5. The second kappa shape index (κ2) is 6.55. The van der Waals surface area contributed by atoms with E-state index < -0.39 is 4.92 Å². The standard InChI is InChI=1S/C11H15N3O4/c1-17-6-5-13-10-4-3-8(14(15)16)7-9(10)11(12)18-2/h3-4,7,12-13H,5-6H2,1-2H3. The Morgan fingerprint density at radius 3 is 2.78 bits per heavy atom. The number of hydrogen-bond donors (Lipinski definition) is 2. The van der Waals surface area contributed by atoms with Crippen molar-refractivity contribution in [2.45, 2.75) is 0 Å². The molecule has 7 nitrogen and oxygen atoms in total. The van der Waals surface area contributed by atoms with Crippen molar-refractivity contribution < 1.29 is 14.4 Å². The van der Waals surface area contributed by atoms with Crippen molar-refractivity contribution in [3.05, 3.63) is 33.9 Å². The Morgan fingerprint density at radius 2 is 2.22 bits per heavy atom. The minimum Gasteiger partial charge on any atom is -0.481 e. The van der Waals surface area contributed by atoms with Gasteiger partial charge in [-0.2, -0.15) is 0 Å². The maximum absolute atomic E-state index is 10.7. The molecule has 0 bridgehead atoms. The number of nitro groups is 1. The molecule has 0 aliphatic carbocycles. The van der Waals surface area contributed by atoms with E-state index in [1.807, 2.05) is 0 Å². The van der Waals surface area contributed by atoms with Crippen LogP contribution in [0.25, 0.3) is 0 Å². The van der Waals surface area contributed by atoms with Gasteiger partial charge in [-0.1, -0.05) is 0 Å². The van der Waals surface area contributed by atoms with Gasteiger partial charge < -0.3 is 14.8 Å². The highest BCUT2D eigenvalue weighted by molar-refractivity contribution is 5.98. The number of hydrogen-bond acceptors (Lipinski definition) is 6. The molecular weight excluding hydrogens is 238 g/mol. The van der Waals surface area contributed by atoms with E-state index in [0.717, 1.165) is 0 Å². The predicted octanol–water partition coefficient (Wildman–Crippen LogP) is 1.62. The van der Waals surface area contributed by atoms with Crippen molar-refractivity contribution in [3.8, 4) is 0 Å². The van der Waals surface area contributed by atoms with Crippen LogP contribution in [0, 0.1) is 15.5 Å². The van der Waals surface area contributed by atoms with Crippen molar-refractivity contribution in [3.63, 3.8) is 0 Å². The molecule has 0 heterocycles. The van der Waals surface area contributed by atoms with E-state index in [4.69, 9.17) is 14.9 Å². The summed E-state index contributed by atoms with van der Waals surface area (Å²) in [6.07, 6.45) is 0. The van der Waals surface area contributed by atoms with Crippen molar-refractivity contribution in [1.29, 1.82) is 5.41 Å². The molecule has 0 amide bonds. The average molecular weight is 253 g/mol. The van der Waals surface area contributed by atoms with E-state index in [1.165, 1.54) is 19.2 Å². The number of nitro benzene ring substituents is 1. The lowest BCUT2D eigenvalue weighted by Crippen LogP contribution is -2.12. The first-order chi connectivity index (χ1) is 8.60. The third kappa shape index (κ3) is 3.42. The second-order valence-corrected chi connectivity index (χ2v) is 3.44. The molecule has 0 aliphatic rings. The van der Waals surface area contributed by atoms with E-state index in [1.54, 1.807) is 13.2 Å². The number of anilines is 1. The van der Waals surface area contributed by atoms with E-state index in [0.29, 0.717) is 24.4 Å². The van der Waals surface area contributed by atoms with E-state index in [-0.39, 0.29) is 11.6 Å². The molecule has 1 aromatic rings. The molecule has 0 saturated heterocycles. The van der Waals surface area contributed by atoms with Crippen molar-refractivity contribution >= 4 is 17.3 Å². The summed E-state index contributed by atoms with van der Waals surface area (Å²) in [6, 6.07) is 4.24. The lowest BCUT2D eigenvalue weighted by Gasteiger charge is -2.11. The van der Waals surface area contributed by atoms with Crippen LogP contribution in [0.4, 0.5) is 11.4 Å². The SMILES string of the molecule is COCCNc1ccc([N+](=O)[O-])cc1C(=N)OC. The quantitative estimate of drug-likeness (QED) is 0.264. The van der Waals surface area contributed by atoms with Crippen LogP contribution >= 0.6 is 0 Å². The van der Waals surface area contributed by atoms with Crippen LogP contribution in [0.3, 0.4) is 0 Å². The highest BCUT2D eigenvalue weighted by atomic mass is 16.6. The fourth-order valence-corrected chi connectivity index (χ4v) is 1.39. The second-order valence-electron chi connectivity index (χ2n) is 3.44. The normalized spacial score (nSPS) is 9.89. The summed E-state index contributed by atoms with van der Waals surface area (Å²) < 4.78 is 9.70. The summed E-state index contributed by atoms with van der Waals surface area (Å²) in [7, 11) is 2.93. The van der Waals surface area contributed by atoms with Gasteiger partial charge in [-0.25, -0.2) is 0 Å². The number of benzene rings is 1. The Kier molecular flexibility index (Phi) is 5.06. The minimum atomic E-state index is -0.509. The Hall–Kier alpha value is -2.15. The minimum absolute atomic E-state index is 0.0795. The number of ether oxygens (including phenoxy) is 2. The molecule has 0 atom stereocenters. The molecule has 98 valence electrons. The maximum Gasteiger partial charge on any atom is 0.270 e. The van der Waals surface area contributed by atoms with Crippen LogP contribution in [0.1, 0.15) is 5.56 Å². The molecule has 7 heteroatoms. The molecule has 1 rings (SSSR count). The number of nitrogens with zero attached hydrogens (tertiary/aromatic N) is 1. The van der Waals surface area contributed by atoms with Gasteiger partial charge in [0.1, 0.15) is 0 Å². The third-order valence-electron chi connectivity index (χ3n) is 2.28. The van der Waals surface area contributed by atoms with Crippen LogP contribution in [-0.4, -0.2) is 38.2 Å². The number of non-ortho nitro benzene ring substituents is 1. The van der Waals surface area contributed by atoms with Gasteiger partial charge in [0.2, 0.25) is 5.90 Å². The van der Waals surface area contributed by atoms with Gasteiger partial charge in [-0.15, -0.1) is 0 Å². The molecule has 18 heavy (non-hydrogen) atoms. The van der Waals surface area contributed by atoms with Crippen molar-refractivity contribution in [2.75, 3.05) is 32.7 Å². The molecule has 0 aromatic heterocycles. The van der Waals surface area contributed by atoms with Crippen LogP contribution in [0.2, 0.25) is 0 Å². The van der Waals surface area contributed by atoms with Gasteiger partial charge in [0.15, 0.2) is 0 Å². The lowest BCUT2D eigenvalue weighted by atomic mass is 10.1. The van der Waals surface area contributed by atoms with Crippen LogP contribution in [-0.2, 0) is 9.47 Å². The van der Waals surface area contributed by atoms with E-state index >= 15 is 0 Å². The molecule has 0 aliphatic heterocycles. The largest absolute Gasteiger partial charge is 0.481 e. The smallest absolute Gasteiger partial charge is 0.270 e. The summed E-state index contributed by atoms with van der Waals surface area (Å²) >= 11 is 0. The van der Waals surface area contributed by atoms with Gasteiger partial charge in [0, 0.05) is 31.5 Å². The average Bonchev–Trinajstić information content (AvgIpc) is 2.38. The zero-order valence-electron chi connectivity index (χ0n) is 10.2. The monoisotopic (exact) mass is 253 g/mol. The molecular formula is C11H15N3O4. The summed E-state index contributed by atoms with van der Waals surface area (Å²) in [5, 5.41) is 21.3. The van der Waals surface area contributed by atoms with E-state index in [2.05, 4.69) is 5.32 Å². The number of rotatable bonds is 6. The van der Waals surface area contributed by atoms with E-state index in [9.17, 15) is 10.1 Å². The summed E-state index contributed by atoms with van der Waals surface area (Å²) in [6.45, 7) is 1.04. The summed E-state index contributed by atoms with van der Waals surface area (Å²) in [4.78, 5) is 10.2. The predicted molar refractivity (Wildman–Crippen MR) is 67.3 cm³/mol. The highest BCUT2D eigenvalue weighted by Gasteiger charge is 2.14. The first kappa shape index (κ1) is 13.9. The summed E-state index contributed by atoms with van der Waals surface area (Å²) in [5.74, 6) is -0.126. The summed E-state index contributed by atoms with van der Waals surface area (Å²) in [5.41, 5.74) is 0.872. The molecule has 1 aromatic carbocycles. The van der Waals surface area contributed by atoms with Crippen molar-refractivity contribution in [2.24, 2.45) is 0 Å². The molecule has 0 saturated carbocycles. The lowest BCUT2D eigenvalue weighted by molar-refractivity contribution is -0.384. The van der Waals surface area contributed by atoms with Gasteiger partial charge in [-0.05, 0) is 6.07 Å². The number of methoxy groups -OCH3 is 2. The zero-order valence-corrected chi connectivity index (χ0v) is 10.2. The van der Waals surface area contributed by atoms with Gasteiger partial charge >= 0.3 is 0 Å². The number of nitrogens with one attached hydrogen (secondary N) is 2. The fraction of sp³-hybridized carbons (Fsp3) is 0.364. The molecule has 0 spiro atoms. The highest BCUT2D eigenvalue weighted by Crippen LogP contribution is 2.22.